The van der Waals surface area contributed by atoms with Crippen LogP contribution >= 0.6 is 15.9 Å². The molecule has 0 spiro atoms. The summed E-state index contributed by atoms with van der Waals surface area (Å²) >= 11 is 3.14. The van der Waals surface area contributed by atoms with Gasteiger partial charge >= 0.3 is 0 Å². The van der Waals surface area contributed by atoms with E-state index < -0.39 is 10.0 Å². The minimum atomic E-state index is -3.43. The third-order valence-corrected chi connectivity index (χ3v) is 4.05. The first kappa shape index (κ1) is 16.6. The Morgan fingerprint density at radius 1 is 1.35 bits per heavy atom. The van der Waals surface area contributed by atoms with Crippen LogP contribution in [-0.4, -0.2) is 27.9 Å². The average molecular weight is 359 g/mol. The fourth-order valence-electron chi connectivity index (χ4n) is 1.29. The molecule has 1 aromatic carbocycles. The Kier molecular flexibility index (Phi) is 6.12. The summed E-state index contributed by atoms with van der Waals surface area (Å²) in [6.45, 7) is 3.95. The summed E-state index contributed by atoms with van der Waals surface area (Å²) < 4.78 is 26.0. The van der Waals surface area contributed by atoms with Crippen LogP contribution in [0.15, 0.2) is 46.3 Å². The number of benzene rings is 1. The van der Waals surface area contributed by atoms with E-state index >= 15 is 0 Å². The maximum Gasteiger partial charge on any atom is 0.244 e. The number of carbonyl (C=O) groups is 1. The lowest BCUT2D eigenvalue weighted by Crippen LogP contribution is -2.21. The van der Waals surface area contributed by atoms with Crippen LogP contribution in [0.3, 0.4) is 0 Å². The van der Waals surface area contributed by atoms with E-state index in [2.05, 4.69) is 32.5 Å². The lowest BCUT2D eigenvalue weighted by atomic mass is 10.2. The van der Waals surface area contributed by atoms with E-state index in [9.17, 15) is 13.2 Å². The Bertz CT molecular complexity index is 622. The van der Waals surface area contributed by atoms with E-state index in [0.717, 1.165) is 5.56 Å². The summed E-state index contributed by atoms with van der Waals surface area (Å²) in [4.78, 5) is 11.6. The van der Waals surface area contributed by atoms with Gasteiger partial charge in [0.25, 0.3) is 0 Å². The summed E-state index contributed by atoms with van der Waals surface area (Å²) in [7, 11) is -2.08. The molecule has 0 aromatic heterocycles. The highest BCUT2D eigenvalue weighted by Gasteiger charge is 2.09. The van der Waals surface area contributed by atoms with Crippen LogP contribution in [0.25, 0.3) is 6.08 Å². The van der Waals surface area contributed by atoms with E-state index in [1.54, 1.807) is 18.2 Å². The van der Waals surface area contributed by atoms with E-state index in [0.29, 0.717) is 11.0 Å². The van der Waals surface area contributed by atoms with Gasteiger partial charge in [-0.2, -0.15) is 0 Å². The highest BCUT2D eigenvalue weighted by atomic mass is 79.9. The highest BCUT2D eigenvalue weighted by Crippen LogP contribution is 2.11. The molecule has 1 aromatic rings. The molecule has 0 fully saturated rings. The van der Waals surface area contributed by atoms with Crippen molar-refractivity contribution in [3.8, 4) is 0 Å². The van der Waals surface area contributed by atoms with Crippen molar-refractivity contribution in [1.29, 1.82) is 0 Å². The van der Waals surface area contributed by atoms with Crippen molar-refractivity contribution in [2.24, 2.45) is 0 Å². The molecule has 1 rings (SSSR count). The van der Waals surface area contributed by atoms with Gasteiger partial charge in [0, 0.05) is 17.1 Å². The number of nitrogens with one attached hydrogen (secondary N) is 2. The molecule has 2 N–H and O–H groups in total. The van der Waals surface area contributed by atoms with Gasteiger partial charge < -0.3 is 5.32 Å². The van der Waals surface area contributed by atoms with Gasteiger partial charge in [0.2, 0.25) is 15.9 Å². The van der Waals surface area contributed by atoms with Crippen molar-refractivity contribution in [2.45, 2.75) is 4.90 Å². The molecule has 0 saturated heterocycles. The molecule has 0 bridgehead atoms. The first-order valence-corrected chi connectivity index (χ1v) is 7.95. The van der Waals surface area contributed by atoms with Gasteiger partial charge in [-0.3, -0.25) is 4.79 Å². The van der Waals surface area contributed by atoms with Crippen LogP contribution in [0, 0.1) is 0 Å². The number of carbonyl (C=O) groups excluding carboxylic acids is 1. The van der Waals surface area contributed by atoms with Crippen molar-refractivity contribution < 1.29 is 13.2 Å². The maximum absolute atomic E-state index is 11.5. The van der Waals surface area contributed by atoms with Crippen LogP contribution in [0.4, 0.5) is 0 Å². The summed E-state index contributed by atoms with van der Waals surface area (Å²) in [6, 6.07) is 6.20. The lowest BCUT2D eigenvalue weighted by Gasteiger charge is -2.02. The molecule has 0 aliphatic rings. The third-order valence-electron chi connectivity index (χ3n) is 2.34. The van der Waals surface area contributed by atoms with Gasteiger partial charge in [-0.15, -0.1) is 0 Å². The smallest absolute Gasteiger partial charge is 0.244 e. The van der Waals surface area contributed by atoms with Gasteiger partial charge in [-0.05, 0) is 30.8 Å². The number of amides is 1. The molecule has 108 valence electrons. The Morgan fingerprint density at radius 3 is 2.45 bits per heavy atom. The number of sulfonamides is 1. The lowest BCUT2D eigenvalue weighted by molar-refractivity contribution is -0.116. The third kappa shape index (κ3) is 5.28. The molecule has 0 unspecified atom stereocenters. The molecule has 5 nitrogen and oxygen atoms in total. The minimum absolute atomic E-state index is 0.178. The van der Waals surface area contributed by atoms with E-state index in [4.69, 9.17) is 0 Å². The molecule has 0 radical (unpaired) electrons. The second-order valence-corrected chi connectivity index (χ2v) is 6.85. The number of hydrogen-bond acceptors (Lipinski definition) is 3. The number of halogens is 1. The van der Waals surface area contributed by atoms with Crippen molar-refractivity contribution in [1.82, 2.24) is 10.0 Å². The molecule has 0 aliphatic heterocycles. The van der Waals surface area contributed by atoms with Crippen molar-refractivity contribution in [3.05, 3.63) is 47.0 Å². The van der Waals surface area contributed by atoms with Crippen molar-refractivity contribution in [3.63, 3.8) is 0 Å². The first-order valence-electron chi connectivity index (χ1n) is 5.68. The van der Waals surface area contributed by atoms with Crippen LogP contribution in [0.5, 0.6) is 0 Å². The minimum Gasteiger partial charge on any atom is -0.348 e. The van der Waals surface area contributed by atoms with E-state index in [1.165, 1.54) is 25.3 Å². The maximum atomic E-state index is 11.5. The van der Waals surface area contributed by atoms with Crippen LogP contribution < -0.4 is 10.0 Å². The molecule has 0 saturated carbocycles. The standard InChI is InChI=1S/C13H15BrN2O3S/c1-10(14)9-16-13(17)8-5-11-3-6-12(7-4-11)20(18,19)15-2/h3-8,15H,1,9H2,2H3,(H,16,17)/b8-5+. The molecular weight excluding hydrogens is 344 g/mol. The molecule has 0 aliphatic carbocycles. The van der Waals surface area contributed by atoms with Crippen molar-refractivity contribution in [2.75, 3.05) is 13.6 Å². The summed E-state index contributed by atoms with van der Waals surface area (Å²) in [5.74, 6) is -0.252. The quantitative estimate of drug-likeness (QED) is 0.759. The zero-order chi connectivity index (χ0) is 15.2. The van der Waals surface area contributed by atoms with Crippen LogP contribution in [0.2, 0.25) is 0 Å². The second-order valence-electron chi connectivity index (χ2n) is 3.84. The Hall–Kier alpha value is -1.44. The topological polar surface area (TPSA) is 75.3 Å². The number of rotatable bonds is 6. The fourth-order valence-corrected chi connectivity index (χ4v) is 2.16. The predicted molar refractivity (Wildman–Crippen MR) is 82.8 cm³/mol. The van der Waals surface area contributed by atoms with Crippen LogP contribution in [-0.2, 0) is 14.8 Å². The molecule has 1 amide bonds. The zero-order valence-corrected chi connectivity index (χ0v) is 13.3. The number of hydrogen-bond donors (Lipinski definition) is 2. The average Bonchev–Trinajstić information content (AvgIpc) is 2.43. The largest absolute Gasteiger partial charge is 0.348 e. The molecule has 0 atom stereocenters. The van der Waals surface area contributed by atoms with E-state index in [1.807, 2.05) is 0 Å². The second kappa shape index (κ2) is 7.37. The summed E-state index contributed by atoms with van der Waals surface area (Å²) in [5, 5.41) is 2.62. The normalized spacial score (nSPS) is 11.5. The Morgan fingerprint density at radius 2 is 1.95 bits per heavy atom. The van der Waals surface area contributed by atoms with Gasteiger partial charge in [0.15, 0.2) is 0 Å². The highest BCUT2D eigenvalue weighted by molar-refractivity contribution is 9.11. The molecular formula is C13H15BrN2O3S. The first-order chi connectivity index (χ1) is 9.35. The van der Waals surface area contributed by atoms with Gasteiger partial charge in [-0.25, -0.2) is 13.1 Å². The van der Waals surface area contributed by atoms with Gasteiger partial charge in [0.1, 0.15) is 0 Å². The summed E-state index contributed by atoms with van der Waals surface area (Å²) in [6.07, 6.45) is 2.97. The molecule has 7 heteroatoms. The Balaban J connectivity index is 2.71. The monoisotopic (exact) mass is 358 g/mol. The molecule has 20 heavy (non-hydrogen) atoms. The SMILES string of the molecule is C=C(Br)CNC(=O)/C=C/c1ccc(S(=O)(=O)NC)cc1. The van der Waals surface area contributed by atoms with Crippen molar-refractivity contribution >= 4 is 37.9 Å². The van der Waals surface area contributed by atoms with E-state index in [-0.39, 0.29) is 10.8 Å². The predicted octanol–water partition coefficient (Wildman–Crippen LogP) is 1.63. The van der Waals surface area contributed by atoms with Crippen LogP contribution in [0.1, 0.15) is 5.56 Å². The fraction of sp³-hybridized carbons (Fsp3) is 0.154. The van der Waals surface area contributed by atoms with Gasteiger partial charge in [-0.1, -0.05) is 34.6 Å². The van der Waals surface area contributed by atoms with Gasteiger partial charge in [0.05, 0.1) is 4.90 Å². The summed E-state index contributed by atoms with van der Waals surface area (Å²) in [5.41, 5.74) is 0.730. The zero-order valence-electron chi connectivity index (χ0n) is 10.9. The Labute approximate surface area is 126 Å². The molecule has 0 heterocycles.